The molecule has 150 valence electrons. The van der Waals surface area contributed by atoms with E-state index in [-0.39, 0.29) is 5.91 Å². The summed E-state index contributed by atoms with van der Waals surface area (Å²) in [4.78, 5) is 11.4. The van der Waals surface area contributed by atoms with Crippen LogP contribution in [0.3, 0.4) is 0 Å². The third-order valence-electron chi connectivity index (χ3n) is 4.77. The summed E-state index contributed by atoms with van der Waals surface area (Å²) in [7, 11) is 1.61. The summed E-state index contributed by atoms with van der Waals surface area (Å²) < 4.78 is 5.91. The predicted molar refractivity (Wildman–Crippen MR) is 116 cm³/mol. The van der Waals surface area contributed by atoms with E-state index in [1.807, 2.05) is 18.2 Å². The lowest BCUT2D eigenvalue weighted by atomic mass is 9.98. The Morgan fingerprint density at radius 3 is 2.29 bits per heavy atom. The van der Waals surface area contributed by atoms with Crippen LogP contribution in [-0.4, -0.2) is 26.1 Å². The molecule has 1 amide bonds. The zero-order valence-corrected chi connectivity index (χ0v) is 17.1. The average Bonchev–Trinajstić information content (AvgIpc) is 2.72. The first kappa shape index (κ1) is 21.5. The molecule has 2 N–H and O–H groups in total. The van der Waals surface area contributed by atoms with Gasteiger partial charge in [-0.3, -0.25) is 4.79 Å². The van der Waals surface area contributed by atoms with Crippen molar-refractivity contribution in [2.45, 2.75) is 39.0 Å². The molecule has 0 unspecified atom stereocenters. The Bertz CT molecular complexity index is 771. The van der Waals surface area contributed by atoms with Gasteiger partial charge in [0.1, 0.15) is 5.75 Å². The summed E-state index contributed by atoms with van der Waals surface area (Å²) in [6, 6.07) is 16.8. The van der Waals surface area contributed by atoms with Crippen molar-refractivity contribution >= 4 is 5.91 Å². The van der Waals surface area contributed by atoms with E-state index in [4.69, 9.17) is 4.74 Å². The molecule has 2 aromatic rings. The SMILES string of the molecule is C=C(NCCCCc1ccccc1CCCOc1ccccc1C)C(=O)NC. The number of unbranched alkanes of at least 4 members (excludes halogenated alkanes) is 1. The smallest absolute Gasteiger partial charge is 0.266 e. The van der Waals surface area contributed by atoms with E-state index >= 15 is 0 Å². The minimum Gasteiger partial charge on any atom is -0.493 e. The summed E-state index contributed by atoms with van der Waals surface area (Å²) >= 11 is 0. The number of benzene rings is 2. The van der Waals surface area contributed by atoms with Crippen LogP contribution in [0.2, 0.25) is 0 Å². The first-order valence-electron chi connectivity index (χ1n) is 10.0. The van der Waals surface area contributed by atoms with Gasteiger partial charge in [-0.05, 0) is 61.8 Å². The fourth-order valence-electron chi connectivity index (χ4n) is 3.12. The van der Waals surface area contributed by atoms with Crippen molar-refractivity contribution in [2.24, 2.45) is 0 Å². The number of para-hydroxylation sites is 1. The van der Waals surface area contributed by atoms with E-state index in [0.29, 0.717) is 5.70 Å². The summed E-state index contributed by atoms with van der Waals surface area (Å²) in [5.74, 6) is 0.819. The quantitative estimate of drug-likeness (QED) is 0.429. The van der Waals surface area contributed by atoms with Crippen molar-refractivity contribution in [2.75, 3.05) is 20.2 Å². The molecule has 28 heavy (non-hydrogen) atoms. The van der Waals surface area contributed by atoms with Crippen LogP contribution in [0.4, 0.5) is 0 Å². The zero-order valence-electron chi connectivity index (χ0n) is 17.1. The number of carbonyl (C=O) groups excluding carboxylic acids is 1. The lowest BCUT2D eigenvalue weighted by Gasteiger charge is -2.12. The Morgan fingerprint density at radius 2 is 1.61 bits per heavy atom. The molecule has 0 radical (unpaired) electrons. The fraction of sp³-hybridized carbons (Fsp3) is 0.375. The molecule has 0 spiro atoms. The molecule has 0 atom stereocenters. The molecule has 0 heterocycles. The maximum absolute atomic E-state index is 11.4. The largest absolute Gasteiger partial charge is 0.493 e. The van der Waals surface area contributed by atoms with Crippen molar-refractivity contribution in [3.05, 3.63) is 77.5 Å². The van der Waals surface area contributed by atoms with Gasteiger partial charge < -0.3 is 15.4 Å². The molecule has 4 heteroatoms. The second-order valence-corrected chi connectivity index (χ2v) is 6.93. The minimum atomic E-state index is -0.154. The third-order valence-corrected chi connectivity index (χ3v) is 4.77. The molecule has 0 aliphatic heterocycles. The van der Waals surface area contributed by atoms with Crippen molar-refractivity contribution in [3.8, 4) is 5.75 Å². The van der Waals surface area contributed by atoms with E-state index in [2.05, 4.69) is 54.5 Å². The molecule has 0 aliphatic carbocycles. The summed E-state index contributed by atoms with van der Waals surface area (Å²) in [6.07, 6.45) is 5.14. The van der Waals surface area contributed by atoms with Gasteiger partial charge in [-0.2, -0.15) is 0 Å². The van der Waals surface area contributed by atoms with Crippen LogP contribution in [0.25, 0.3) is 0 Å². The van der Waals surface area contributed by atoms with Crippen molar-refractivity contribution in [3.63, 3.8) is 0 Å². The van der Waals surface area contributed by atoms with Crippen LogP contribution < -0.4 is 15.4 Å². The molecular weight excluding hydrogens is 348 g/mol. The number of hydrogen-bond donors (Lipinski definition) is 2. The summed E-state index contributed by atoms with van der Waals surface area (Å²) in [5, 5.41) is 5.64. The number of nitrogens with one attached hydrogen (secondary N) is 2. The first-order valence-corrected chi connectivity index (χ1v) is 10.0. The van der Waals surface area contributed by atoms with Crippen molar-refractivity contribution in [1.82, 2.24) is 10.6 Å². The summed E-state index contributed by atoms with van der Waals surface area (Å²) in [6.45, 7) is 7.29. The molecule has 0 saturated heterocycles. The second-order valence-electron chi connectivity index (χ2n) is 6.93. The number of carbonyl (C=O) groups is 1. The monoisotopic (exact) mass is 380 g/mol. The number of amides is 1. The lowest BCUT2D eigenvalue weighted by molar-refractivity contribution is -0.117. The highest BCUT2D eigenvalue weighted by atomic mass is 16.5. The molecule has 2 aromatic carbocycles. The first-order chi connectivity index (χ1) is 13.6. The van der Waals surface area contributed by atoms with Gasteiger partial charge in [-0.15, -0.1) is 0 Å². The average molecular weight is 381 g/mol. The van der Waals surface area contributed by atoms with Gasteiger partial charge in [0.25, 0.3) is 5.91 Å². The van der Waals surface area contributed by atoms with Crippen LogP contribution in [0.5, 0.6) is 5.75 Å². The Morgan fingerprint density at radius 1 is 0.964 bits per heavy atom. The minimum absolute atomic E-state index is 0.154. The molecule has 0 aliphatic rings. The van der Waals surface area contributed by atoms with E-state index in [1.54, 1.807) is 7.05 Å². The van der Waals surface area contributed by atoms with Crippen LogP contribution in [0, 0.1) is 6.92 Å². The maximum atomic E-state index is 11.4. The van der Waals surface area contributed by atoms with Gasteiger partial charge in [0.05, 0.1) is 12.3 Å². The van der Waals surface area contributed by atoms with Crippen LogP contribution >= 0.6 is 0 Å². The zero-order chi connectivity index (χ0) is 20.2. The van der Waals surface area contributed by atoms with E-state index in [1.165, 1.54) is 16.7 Å². The van der Waals surface area contributed by atoms with Gasteiger partial charge in [0, 0.05) is 13.6 Å². The number of hydrogen-bond acceptors (Lipinski definition) is 3. The van der Waals surface area contributed by atoms with Crippen LogP contribution in [-0.2, 0) is 17.6 Å². The number of ether oxygens (including phenoxy) is 1. The van der Waals surface area contributed by atoms with E-state index < -0.39 is 0 Å². The topological polar surface area (TPSA) is 50.4 Å². The molecule has 0 aromatic heterocycles. The highest BCUT2D eigenvalue weighted by Gasteiger charge is 2.05. The van der Waals surface area contributed by atoms with Crippen LogP contribution in [0.1, 0.15) is 36.0 Å². The van der Waals surface area contributed by atoms with Gasteiger partial charge in [0.2, 0.25) is 0 Å². The molecular formula is C24H32N2O2. The standard InChI is InChI=1S/C24H32N2O2/c1-19-11-4-7-16-23(19)28-18-10-15-22-13-6-5-12-21(22)14-8-9-17-26-20(2)24(27)25-3/h4-7,11-13,16,26H,2,8-10,14-15,17-18H2,1,3H3,(H,25,27). The Labute approximate surface area is 169 Å². The normalized spacial score (nSPS) is 10.4. The Kier molecular flexibility index (Phi) is 9.13. The summed E-state index contributed by atoms with van der Waals surface area (Å²) in [5.41, 5.74) is 4.41. The molecule has 4 nitrogen and oxygen atoms in total. The van der Waals surface area contributed by atoms with Gasteiger partial charge in [-0.25, -0.2) is 0 Å². The fourth-order valence-corrected chi connectivity index (χ4v) is 3.12. The van der Waals surface area contributed by atoms with E-state index in [0.717, 1.165) is 51.0 Å². The second kappa shape index (κ2) is 11.9. The van der Waals surface area contributed by atoms with Crippen LogP contribution in [0.15, 0.2) is 60.8 Å². The Balaban J connectivity index is 1.71. The van der Waals surface area contributed by atoms with Crippen molar-refractivity contribution in [1.29, 1.82) is 0 Å². The Hall–Kier alpha value is -2.75. The molecule has 0 fully saturated rings. The third kappa shape index (κ3) is 7.10. The van der Waals surface area contributed by atoms with E-state index in [9.17, 15) is 4.79 Å². The van der Waals surface area contributed by atoms with Crippen molar-refractivity contribution < 1.29 is 9.53 Å². The lowest BCUT2D eigenvalue weighted by Crippen LogP contribution is -2.28. The highest BCUT2D eigenvalue weighted by molar-refractivity contribution is 5.91. The number of rotatable bonds is 12. The molecule has 2 rings (SSSR count). The molecule has 0 saturated carbocycles. The predicted octanol–water partition coefficient (Wildman–Crippen LogP) is 4.18. The van der Waals surface area contributed by atoms with Gasteiger partial charge >= 0.3 is 0 Å². The molecule has 0 bridgehead atoms. The number of aryl methyl sites for hydroxylation is 3. The van der Waals surface area contributed by atoms with Gasteiger partial charge in [0.15, 0.2) is 0 Å². The maximum Gasteiger partial charge on any atom is 0.266 e. The highest BCUT2D eigenvalue weighted by Crippen LogP contribution is 2.18. The van der Waals surface area contributed by atoms with Gasteiger partial charge in [-0.1, -0.05) is 49.0 Å². The number of likely N-dealkylation sites (N-methyl/N-ethyl adjacent to an activating group) is 1.